The maximum absolute atomic E-state index is 12.7. The number of nitrogens with zero attached hydrogens (tertiary/aromatic N) is 1. The Hall–Kier alpha value is -3.02. The van der Waals surface area contributed by atoms with E-state index in [4.69, 9.17) is 30.5 Å². The number of anilines is 1. The van der Waals surface area contributed by atoms with Crippen molar-refractivity contribution >= 4 is 39.2 Å². The first-order valence-corrected chi connectivity index (χ1v) is 12.1. The summed E-state index contributed by atoms with van der Waals surface area (Å²) in [4.78, 5) is 24.7. The maximum atomic E-state index is 12.7. The van der Waals surface area contributed by atoms with Gasteiger partial charge in [-0.05, 0) is 31.0 Å². The highest BCUT2D eigenvalue weighted by Gasteiger charge is 2.28. The molecular formula is C22H25ClN2O8S. The number of methoxy groups -OCH3 is 3. The van der Waals surface area contributed by atoms with Gasteiger partial charge in [0.25, 0.3) is 5.91 Å². The molecule has 1 fully saturated rings. The fraction of sp³-hybridized carbons (Fsp3) is 0.364. The summed E-state index contributed by atoms with van der Waals surface area (Å²) in [6.45, 7) is 0.497. The summed E-state index contributed by atoms with van der Waals surface area (Å²) in [6.07, 6.45) is 1.64. The lowest BCUT2D eigenvalue weighted by molar-refractivity contribution is -0.118. The zero-order valence-electron chi connectivity index (χ0n) is 18.9. The molecule has 0 aromatic heterocycles. The zero-order chi connectivity index (χ0) is 24.9. The smallest absolute Gasteiger partial charge is 0.340 e. The number of ether oxygens (including phenoxy) is 4. The number of halogens is 1. The Morgan fingerprint density at radius 3 is 2.24 bits per heavy atom. The van der Waals surface area contributed by atoms with Crippen LogP contribution in [0.3, 0.4) is 0 Å². The average Bonchev–Trinajstić information content (AvgIpc) is 3.38. The third-order valence-electron chi connectivity index (χ3n) is 5.17. The lowest BCUT2D eigenvalue weighted by Crippen LogP contribution is -2.27. The van der Waals surface area contributed by atoms with E-state index in [2.05, 4.69) is 5.32 Å². The van der Waals surface area contributed by atoms with Gasteiger partial charge in [0.2, 0.25) is 10.0 Å². The van der Waals surface area contributed by atoms with Crippen molar-refractivity contribution in [3.05, 3.63) is 40.9 Å². The molecule has 1 heterocycles. The van der Waals surface area contributed by atoms with Crippen LogP contribution in [0.15, 0.2) is 35.2 Å². The van der Waals surface area contributed by atoms with Gasteiger partial charge in [-0.25, -0.2) is 13.2 Å². The van der Waals surface area contributed by atoms with E-state index in [0.29, 0.717) is 18.8 Å². The molecule has 1 N–H and O–H groups in total. The molecule has 184 valence electrons. The van der Waals surface area contributed by atoms with Crippen molar-refractivity contribution in [3.63, 3.8) is 0 Å². The number of esters is 1. The normalized spacial score (nSPS) is 13.9. The van der Waals surface area contributed by atoms with Crippen molar-refractivity contribution in [1.82, 2.24) is 4.31 Å². The van der Waals surface area contributed by atoms with Crippen LogP contribution in [-0.2, 0) is 19.6 Å². The number of benzene rings is 2. The molecule has 0 aliphatic carbocycles. The number of hydrogen-bond acceptors (Lipinski definition) is 8. The molecule has 10 nitrogen and oxygen atoms in total. The lowest BCUT2D eigenvalue weighted by Gasteiger charge is -2.17. The minimum atomic E-state index is -3.63. The second-order valence-electron chi connectivity index (χ2n) is 7.28. The minimum absolute atomic E-state index is 0.0504. The molecule has 1 aliphatic rings. The van der Waals surface area contributed by atoms with Crippen LogP contribution in [0.2, 0.25) is 5.02 Å². The summed E-state index contributed by atoms with van der Waals surface area (Å²) in [5.74, 6) is -0.563. The fourth-order valence-corrected chi connectivity index (χ4v) is 5.27. The van der Waals surface area contributed by atoms with Crippen LogP contribution in [0.25, 0.3) is 0 Å². The molecular weight excluding hydrogens is 488 g/mol. The highest BCUT2D eigenvalue weighted by atomic mass is 35.5. The van der Waals surface area contributed by atoms with Crippen molar-refractivity contribution in [1.29, 1.82) is 0 Å². The maximum Gasteiger partial charge on any atom is 0.340 e. The summed E-state index contributed by atoms with van der Waals surface area (Å²) < 4.78 is 47.4. The van der Waals surface area contributed by atoms with E-state index < -0.39 is 28.5 Å². The van der Waals surface area contributed by atoms with Gasteiger partial charge in [0.1, 0.15) is 5.75 Å². The Morgan fingerprint density at radius 1 is 1.00 bits per heavy atom. The highest BCUT2D eigenvalue weighted by Crippen LogP contribution is 2.34. The van der Waals surface area contributed by atoms with Crippen LogP contribution < -0.4 is 19.5 Å². The third-order valence-corrected chi connectivity index (χ3v) is 7.36. The van der Waals surface area contributed by atoms with E-state index in [1.165, 1.54) is 56.0 Å². The second-order valence-corrected chi connectivity index (χ2v) is 9.63. The predicted molar refractivity (Wildman–Crippen MR) is 124 cm³/mol. The Labute approximate surface area is 202 Å². The number of rotatable bonds is 9. The number of carbonyl (C=O) groups is 2. The SMILES string of the molecule is COC(=O)c1cc(OC)c(OC)cc1NC(=O)COc1ccc(S(=O)(=O)N2CCCC2)cc1Cl. The second kappa shape index (κ2) is 10.9. The quantitative estimate of drug-likeness (QED) is 0.509. The molecule has 1 amide bonds. The average molecular weight is 513 g/mol. The molecule has 34 heavy (non-hydrogen) atoms. The number of nitrogens with one attached hydrogen (secondary N) is 1. The Kier molecular flexibility index (Phi) is 8.24. The van der Waals surface area contributed by atoms with Gasteiger partial charge in [-0.1, -0.05) is 11.6 Å². The van der Waals surface area contributed by atoms with E-state index in [9.17, 15) is 18.0 Å². The Balaban J connectivity index is 1.72. The van der Waals surface area contributed by atoms with Gasteiger partial charge in [-0.2, -0.15) is 4.31 Å². The number of sulfonamides is 1. The van der Waals surface area contributed by atoms with E-state index in [1.54, 1.807) is 0 Å². The van der Waals surface area contributed by atoms with E-state index in [0.717, 1.165) is 12.8 Å². The first kappa shape index (κ1) is 25.6. The molecule has 3 rings (SSSR count). The molecule has 0 bridgehead atoms. The van der Waals surface area contributed by atoms with Gasteiger partial charge in [0.15, 0.2) is 18.1 Å². The van der Waals surface area contributed by atoms with Gasteiger partial charge >= 0.3 is 5.97 Å². The molecule has 0 radical (unpaired) electrons. The topological polar surface area (TPSA) is 120 Å². The molecule has 12 heteroatoms. The molecule has 2 aromatic carbocycles. The summed E-state index contributed by atoms with van der Waals surface area (Å²) in [6, 6.07) is 6.89. The summed E-state index contributed by atoms with van der Waals surface area (Å²) in [5, 5.41) is 2.62. The monoisotopic (exact) mass is 512 g/mol. The zero-order valence-corrected chi connectivity index (χ0v) is 20.5. The van der Waals surface area contributed by atoms with Gasteiger partial charge in [-0.15, -0.1) is 0 Å². The van der Waals surface area contributed by atoms with Crippen LogP contribution in [-0.4, -0.2) is 65.6 Å². The molecule has 2 aromatic rings. The minimum Gasteiger partial charge on any atom is -0.493 e. The first-order chi connectivity index (χ1) is 16.2. The molecule has 1 aliphatic heterocycles. The van der Waals surface area contributed by atoms with Crippen LogP contribution in [0.5, 0.6) is 17.2 Å². The van der Waals surface area contributed by atoms with Crippen LogP contribution in [0.4, 0.5) is 5.69 Å². The van der Waals surface area contributed by atoms with Crippen LogP contribution in [0.1, 0.15) is 23.2 Å². The Bertz CT molecular complexity index is 1180. The molecule has 0 atom stereocenters. The van der Waals surface area contributed by atoms with Crippen molar-refractivity contribution in [2.45, 2.75) is 17.7 Å². The molecule has 0 unspecified atom stereocenters. The van der Waals surface area contributed by atoms with Gasteiger partial charge in [0.05, 0.1) is 42.5 Å². The fourth-order valence-electron chi connectivity index (χ4n) is 3.43. The highest BCUT2D eigenvalue weighted by molar-refractivity contribution is 7.89. The van der Waals surface area contributed by atoms with Crippen molar-refractivity contribution in [3.8, 4) is 17.2 Å². The van der Waals surface area contributed by atoms with Gasteiger partial charge in [0, 0.05) is 25.2 Å². The van der Waals surface area contributed by atoms with E-state index in [1.807, 2.05) is 0 Å². The van der Waals surface area contributed by atoms with Crippen molar-refractivity contribution in [2.75, 3.05) is 46.3 Å². The van der Waals surface area contributed by atoms with E-state index in [-0.39, 0.29) is 32.7 Å². The van der Waals surface area contributed by atoms with Gasteiger partial charge in [-0.3, -0.25) is 4.79 Å². The number of amides is 1. The Morgan fingerprint density at radius 2 is 1.65 bits per heavy atom. The first-order valence-electron chi connectivity index (χ1n) is 10.3. The van der Waals surface area contributed by atoms with Crippen LogP contribution >= 0.6 is 11.6 Å². The lowest BCUT2D eigenvalue weighted by atomic mass is 10.1. The predicted octanol–water partition coefficient (Wildman–Crippen LogP) is 2.95. The standard InChI is InChI=1S/C22H25ClN2O8S/c1-30-19-11-15(22(27)32-3)17(12-20(19)31-2)24-21(26)13-33-18-7-6-14(10-16(18)23)34(28,29)25-8-4-5-9-25/h6-7,10-12H,4-5,8-9,13H2,1-3H3,(H,24,26). The summed E-state index contributed by atoms with van der Waals surface area (Å²) in [5.41, 5.74) is 0.194. The largest absolute Gasteiger partial charge is 0.493 e. The van der Waals surface area contributed by atoms with Crippen molar-refractivity contribution in [2.24, 2.45) is 0 Å². The summed E-state index contributed by atoms with van der Waals surface area (Å²) >= 11 is 6.21. The van der Waals surface area contributed by atoms with Gasteiger partial charge < -0.3 is 24.3 Å². The number of carbonyl (C=O) groups excluding carboxylic acids is 2. The third kappa shape index (κ3) is 5.54. The molecule has 1 saturated heterocycles. The van der Waals surface area contributed by atoms with Crippen LogP contribution in [0, 0.1) is 0 Å². The molecule has 0 spiro atoms. The molecule has 0 saturated carbocycles. The number of hydrogen-bond donors (Lipinski definition) is 1. The summed E-state index contributed by atoms with van der Waals surface area (Å²) in [7, 11) is 0.412. The van der Waals surface area contributed by atoms with E-state index >= 15 is 0 Å². The van der Waals surface area contributed by atoms with Crippen molar-refractivity contribution < 1.29 is 37.0 Å².